The number of hydrogen-bond donors (Lipinski definition) is 1. The average molecular weight is 295 g/mol. The number of para-hydroxylation sites is 1. The van der Waals surface area contributed by atoms with Crippen molar-refractivity contribution >= 4 is 29.4 Å². The average Bonchev–Trinajstić information content (AvgIpc) is 2.40. The molecule has 0 radical (unpaired) electrons. The molecule has 0 spiro atoms. The SMILES string of the molecule is NN=Cc1ccccc1OCc1ccc(Cl)cc1Cl. The first kappa shape index (κ1) is 13.7. The molecular formula is C14H12Cl2N2O. The van der Waals surface area contributed by atoms with Gasteiger partial charge in [-0.25, -0.2) is 0 Å². The van der Waals surface area contributed by atoms with Gasteiger partial charge in [-0.1, -0.05) is 41.4 Å². The lowest BCUT2D eigenvalue weighted by Crippen LogP contribution is -1.99. The molecule has 0 heterocycles. The van der Waals surface area contributed by atoms with E-state index in [4.69, 9.17) is 33.8 Å². The number of nitrogens with two attached hydrogens (primary N) is 1. The van der Waals surface area contributed by atoms with Gasteiger partial charge < -0.3 is 10.6 Å². The van der Waals surface area contributed by atoms with E-state index in [0.29, 0.717) is 22.4 Å². The Morgan fingerprint density at radius 2 is 1.95 bits per heavy atom. The van der Waals surface area contributed by atoms with Crippen LogP contribution in [0.4, 0.5) is 0 Å². The van der Waals surface area contributed by atoms with Crippen LogP contribution in [-0.2, 0) is 6.61 Å². The summed E-state index contributed by atoms with van der Waals surface area (Å²) in [5, 5.41) is 4.68. The van der Waals surface area contributed by atoms with Gasteiger partial charge in [0.05, 0.1) is 6.21 Å². The molecule has 0 aliphatic carbocycles. The fraction of sp³-hybridized carbons (Fsp3) is 0.0714. The zero-order valence-electron chi connectivity index (χ0n) is 10.0. The highest BCUT2D eigenvalue weighted by Crippen LogP contribution is 2.23. The third-order valence-electron chi connectivity index (χ3n) is 2.53. The van der Waals surface area contributed by atoms with Gasteiger partial charge in [0.1, 0.15) is 12.4 Å². The molecular weight excluding hydrogens is 283 g/mol. The van der Waals surface area contributed by atoms with E-state index in [1.54, 1.807) is 18.3 Å². The van der Waals surface area contributed by atoms with Crippen molar-refractivity contribution in [2.75, 3.05) is 0 Å². The minimum absolute atomic E-state index is 0.353. The van der Waals surface area contributed by atoms with E-state index < -0.39 is 0 Å². The Morgan fingerprint density at radius 1 is 1.16 bits per heavy atom. The molecule has 3 nitrogen and oxygen atoms in total. The fourth-order valence-corrected chi connectivity index (χ4v) is 2.06. The predicted octanol–water partition coefficient (Wildman–Crippen LogP) is 3.87. The van der Waals surface area contributed by atoms with Gasteiger partial charge in [-0.15, -0.1) is 0 Å². The normalized spacial score (nSPS) is 10.8. The number of halogens is 2. The van der Waals surface area contributed by atoms with Gasteiger partial charge in [0.15, 0.2) is 0 Å². The van der Waals surface area contributed by atoms with Gasteiger partial charge in [-0.3, -0.25) is 0 Å². The monoisotopic (exact) mass is 294 g/mol. The molecule has 0 fully saturated rings. The molecule has 0 saturated carbocycles. The lowest BCUT2D eigenvalue weighted by molar-refractivity contribution is 0.306. The first-order valence-electron chi connectivity index (χ1n) is 5.59. The predicted molar refractivity (Wildman–Crippen MR) is 79.0 cm³/mol. The molecule has 0 bridgehead atoms. The van der Waals surface area contributed by atoms with Gasteiger partial charge in [-0.2, -0.15) is 5.10 Å². The number of hydrogen-bond acceptors (Lipinski definition) is 3. The second-order valence-electron chi connectivity index (χ2n) is 3.84. The summed E-state index contributed by atoms with van der Waals surface area (Å²) >= 11 is 11.9. The summed E-state index contributed by atoms with van der Waals surface area (Å²) in [7, 11) is 0. The molecule has 98 valence electrons. The Bertz CT molecular complexity index is 600. The van der Waals surface area contributed by atoms with E-state index in [1.165, 1.54) is 0 Å². The molecule has 0 saturated heterocycles. The largest absolute Gasteiger partial charge is 0.488 e. The Balaban J connectivity index is 2.14. The molecule has 0 aliphatic rings. The first-order chi connectivity index (χ1) is 9.20. The number of nitrogens with zero attached hydrogens (tertiary/aromatic N) is 1. The molecule has 2 aromatic rings. The molecule has 0 amide bonds. The molecule has 5 heteroatoms. The van der Waals surface area contributed by atoms with Crippen LogP contribution in [0.3, 0.4) is 0 Å². The summed E-state index contributed by atoms with van der Waals surface area (Å²) < 4.78 is 5.72. The molecule has 0 unspecified atom stereocenters. The van der Waals surface area contributed by atoms with Gasteiger partial charge in [0.2, 0.25) is 0 Å². The van der Waals surface area contributed by atoms with E-state index in [9.17, 15) is 0 Å². The van der Waals surface area contributed by atoms with E-state index >= 15 is 0 Å². The third kappa shape index (κ3) is 3.63. The van der Waals surface area contributed by atoms with E-state index in [0.717, 1.165) is 11.1 Å². The lowest BCUT2D eigenvalue weighted by atomic mass is 10.2. The van der Waals surface area contributed by atoms with Crippen molar-refractivity contribution in [3.63, 3.8) is 0 Å². The van der Waals surface area contributed by atoms with Crippen molar-refractivity contribution in [3.8, 4) is 5.75 Å². The van der Waals surface area contributed by atoms with E-state index in [2.05, 4.69) is 5.10 Å². The van der Waals surface area contributed by atoms with Crippen LogP contribution in [-0.4, -0.2) is 6.21 Å². The number of ether oxygens (including phenoxy) is 1. The smallest absolute Gasteiger partial charge is 0.128 e. The summed E-state index contributed by atoms with van der Waals surface area (Å²) in [4.78, 5) is 0. The lowest BCUT2D eigenvalue weighted by Gasteiger charge is -2.10. The Kier molecular flexibility index (Phi) is 4.66. The maximum Gasteiger partial charge on any atom is 0.128 e. The van der Waals surface area contributed by atoms with Gasteiger partial charge in [0.25, 0.3) is 0 Å². The third-order valence-corrected chi connectivity index (χ3v) is 3.12. The summed E-state index contributed by atoms with van der Waals surface area (Å²) in [6.45, 7) is 0.353. The highest BCUT2D eigenvalue weighted by molar-refractivity contribution is 6.35. The molecule has 19 heavy (non-hydrogen) atoms. The summed E-state index contributed by atoms with van der Waals surface area (Å²) in [6.07, 6.45) is 1.54. The zero-order valence-corrected chi connectivity index (χ0v) is 11.5. The molecule has 2 rings (SSSR count). The Hall–Kier alpha value is -1.71. The van der Waals surface area contributed by atoms with Crippen molar-refractivity contribution in [1.82, 2.24) is 0 Å². The number of benzene rings is 2. The summed E-state index contributed by atoms with van der Waals surface area (Å²) in [5.74, 6) is 5.85. The standard InChI is InChI=1S/C14H12Cl2N2O/c15-12-6-5-11(13(16)7-12)9-19-14-4-2-1-3-10(14)8-18-17/h1-8H,9,17H2. The van der Waals surface area contributed by atoms with Crippen molar-refractivity contribution in [2.45, 2.75) is 6.61 Å². The van der Waals surface area contributed by atoms with Crippen molar-refractivity contribution < 1.29 is 4.74 Å². The molecule has 2 N–H and O–H groups in total. The van der Waals surface area contributed by atoms with Crippen LogP contribution in [0.15, 0.2) is 47.6 Å². The molecule has 0 aliphatic heterocycles. The molecule has 2 aromatic carbocycles. The zero-order chi connectivity index (χ0) is 13.7. The maximum atomic E-state index is 6.09. The van der Waals surface area contributed by atoms with Gasteiger partial charge in [0, 0.05) is 21.2 Å². The number of rotatable bonds is 4. The van der Waals surface area contributed by atoms with Crippen LogP contribution in [0, 0.1) is 0 Å². The highest BCUT2D eigenvalue weighted by Gasteiger charge is 2.04. The van der Waals surface area contributed by atoms with Crippen LogP contribution >= 0.6 is 23.2 Å². The number of hydrazone groups is 1. The van der Waals surface area contributed by atoms with Crippen molar-refractivity contribution in [3.05, 3.63) is 63.6 Å². The maximum absolute atomic E-state index is 6.09. The molecule has 0 atom stereocenters. The van der Waals surface area contributed by atoms with Crippen LogP contribution in [0.2, 0.25) is 10.0 Å². The van der Waals surface area contributed by atoms with Gasteiger partial charge >= 0.3 is 0 Å². The minimum atomic E-state index is 0.353. The van der Waals surface area contributed by atoms with E-state index in [-0.39, 0.29) is 0 Å². The minimum Gasteiger partial charge on any atom is -0.488 e. The molecule has 0 aromatic heterocycles. The van der Waals surface area contributed by atoms with Crippen LogP contribution in [0.25, 0.3) is 0 Å². The van der Waals surface area contributed by atoms with Gasteiger partial charge in [-0.05, 0) is 24.3 Å². The first-order valence-corrected chi connectivity index (χ1v) is 6.35. The van der Waals surface area contributed by atoms with Crippen LogP contribution in [0.5, 0.6) is 5.75 Å². The second-order valence-corrected chi connectivity index (χ2v) is 4.68. The van der Waals surface area contributed by atoms with Crippen molar-refractivity contribution in [2.24, 2.45) is 10.9 Å². The topological polar surface area (TPSA) is 47.6 Å². The Morgan fingerprint density at radius 3 is 2.68 bits per heavy atom. The highest BCUT2D eigenvalue weighted by atomic mass is 35.5. The second kappa shape index (κ2) is 6.45. The summed E-state index contributed by atoms with van der Waals surface area (Å²) in [6, 6.07) is 12.8. The van der Waals surface area contributed by atoms with Crippen LogP contribution < -0.4 is 10.6 Å². The fourth-order valence-electron chi connectivity index (χ4n) is 1.59. The van der Waals surface area contributed by atoms with E-state index in [1.807, 2.05) is 30.3 Å². The Labute approximate surface area is 121 Å². The quantitative estimate of drug-likeness (QED) is 0.529. The summed E-state index contributed by atoms with van der Waals surface area (Å²) in [5.41, 5.74) is 1.68. The van der Waals surface area contributed by atoms with Crippen LogP contribution in [0.1, 0.15) is 11.1 Å². The van der Waals surface area contributed by atoms with Crippen molar-refractivity contribution in [1.29, 1.82) is 0 Å².